The number of carbonyl (C=O) groups is 1. The fourth-order valence-corrected chi connectivity index (χ4v) is 2.06. The standard InChI is InChI=1S/C17H12FNO3/c1-21-15-5-3-2-4-12(15)10-14-17(20)22-16(19-14)11-6-8-13(18)9-7-11/h2-10H,1H3/b14-10+. The van der Waals surface area contributed by atoms with Crippen molar-refractivity contribution in [3.05, 3.63) is 71.2 Å². The van der Waals surface area contributed by atoms with Gasteiger partial charge in [-0.25, -0.2) is 14.2 Å². The lowest BCUT2D eigenvalue weighted by atomic mass is 10.1. The monoisotopic (exact) mass is 297 g/mol. The first-order chi connectivity index (χ1) is 10.7. The molecule has 1 aliphatic rings. The van der Waals surface area contributed by atoms with Gasteiger partial charge in [-0.15, -0.1) is 0 Å². The minimum Gasteiger partial charge on any atom is -0.496 e. The van der Waals surface area contributed by atoms with Gasteiger partial charge in [0.15, 0.2) is 5.70 Å². The molecule has 110 valence electrons. The van der Waals surface area contributed by atoms with Crippen molar-refractivity contribution in [1.29, 1.82) is 0 Å². The lowest BCUT2D eigenvalue weighted by molar-refractivity contribution is -0.129. The summed E-state index contributed by atoms with van der Waals surface area (Å²) in [6, 6.07) is 12.9. The summed E-state index contributed by atoms with van der Waals surface area (Å²) in [6.45, 7) is 0. The van der Waals surface area contributed by atoms with Crippen molar-refractivity contribution in [1.82, 2.24) is 0 Å². The summed E-state index contributed by atoms with van der Waals surface area (Å²) in [4.78, 5) is 16.1. The number of methoxy groups -OCH3 is 1. The van der Waals surface area contributed by atoms with Gasteiger partial charge in [-0.2, -0.15) is 0 Å². The number of halogens is 1. The van der Waals surface area contributed by atoms with E-state index in [4.69, 9.17) is 9.47 Å². The molecule has 2 aromatic rings. The van der Waals surface area contributed by atoms with Crippen molar-refractivity contribution in [3.8, 4) is 5.75 Å². The van der Waals surface area contributed by atoms with Crippen molar-refractivity contribution < 1.29 is 18.7 Å². The van der Waals surface area contributed by atoms with Crippen molar-refractivity contribution in [2.75, 3.05) is 7.11 Å². The van der Waals surface area contributed by atoms with Crippen LogP contribution < -0.4 is 4.74 Å². The quantitative estimate of drug-likeness (QED) is 0.646. The molecule has 0 spiro atoms. The van der Waals surface area contributed by atoms with E-state index in [1.54, 1.807) is 19.3 Å². The van der Waals surface area contributed by atoms with Crippen LogP contribution in [0.5, 0.6) is 5.75 Å². The van der Waals surface area contributed by atoms with Crippen molar-refractivity contribution in [2.24, 2.45) is 4.99 Å². The lowest BCUT2D eigenvalue weighted by Gasteiger charge is -2.03. The van der Waals surface area contributed by atoms with Crippen LogP contribution in [0.2, 0.25) is 0 Å². The molecule has 0 fully saturated rings. The van der Waals surface area contributed by atoms with E-state index in [9.17, 15) is 9.18 Å². The molecule has 1 aliphatic heterocycles. The topological polar surface area (TPSA) is 47.9 Å². The molecule has 0 unspecified atom stereocenters. The summed E-state index contributed by atoms with van der Waals surface area (Å²) in [5.41, 5.74) is 1.43. The van der Waals surface area contributed by atoms with Crippen LogP contribution >= 0.6 is 0 Å². The van der Waals surface area contributed by atoms with Gasteiger partial charge in [0, 0.05) is 11.1 Å². The molecular formula is C17H12FNO3. The molecule has 5 heteroatoms. The van der Waals surface area contributed by atoms with E-state index in [2.05, 4.69) is 4.99 Å². The number of carbonyl (C=O) groups excluding carboxylic acids is 1. The molecule has 0 radical (unpaired) electrons. The number of rotatable bonds is 3. The number of esters is 1. The normalized spacial score (nSPS) is 15.6. The molecule has 0 aromatic heterocycles. The van der Waals surface area contributed by atoms with E-state index < -0.39 is 5.97 Å². The highest BCUT2D eigenvalue weighted by molar-refractivity contribution is 6.12. The first kappa shape index (κ1) is 14.0. The largest absolute Gasteiger partial charge is 0.496 e. The minimum absolute atomic E-state index is 0.158. The van der Waals surface area contributed by atoms with E-state index in [1.807, 2.05) is 18.2 Å². The fourth-order valence-electron chi connectivity index (χ4n) is 2.06. The zero-order valence-electron chi connectivity index (χ0n) is 11.7. The summed E-state index contributed by atoms with van der Waals surface area (Å²) >= 11 is 0. The number of nitrogens with zero attached hydrogens (tertiary/aromatic N) is 1. The summed E-state index contributed by atoms with van der Waals surface area (Å²) < 4.78 is 23.3. The van der Waals surface area contributed by atoms with Crippen molar-refractivity contribution in [3.63, 3.8) is 0 Å². The maximum Gasteiger partial charge on any atom is 0.363 e. The number of cyclic esters (lactones) is 1. The smallest absolute Gasteiger partial charge is 0.363 e. The molecule has 0 saturated carbocycles. The summed E-state index contributed by atoms with van der Waals surface area (Å²) in [5.74, 6) is -0.122. The molecule has 2 aromatic carbocycles. The van der Waals surface area contributed by atoms with Crippen LogP contribution in [0.3, 0.4) is 0 Å². The first-order valence-corrected chi connectivity index (χ1v) is 6.59. The molecule has 22 heavy (non-hydrogen) atoms. The second-order valence-corrected chi connectivity index (χ2v) is 4.58. The highest BCUT2D eigenvalue weighted by atomic mass is 19.1. The van der Waals surface area contributed by atoms with Gasteiger partial charge < -0.3 is 9.47 Å². The molecule has 0 aliphatic carbocycles. The second-order valence-electron chi connectivity index (χ2n) is 4.58. The van der Waals surface area contributed by atoms with Crippen LogP contribution in [-0.4, -0.2) is 19.0 Å². The third-order valence-corrected chi connectivity index (χ3v) is 3.14. The van der Waals surface area contributed by atoms with Crippen molar-refractivity contribution in [2.45, 2.75) is 0 Å². The van der Waals surface area contributed by atoms with E-state index in [-0.39, 0.29) is 17.4 Å². The van der Waals surface area contributed by atoms with Gasteiger partial charge in [-0.3, -0.25) is 0 Å². The number of hydrogen-bond donors (Lipinski definition) is 0. The second kappa shape index (κ2) is 5.81. The van der Waals surface area contributed by atoms with Gasteiger partial charge >= 0.3 is 5.97 Å². The number of benzene rings is 2. The Bertz CT molecular complexity index is 779. The van der Waals surface area contributed by atoms with Gasteiger partial charge in [-0.1, -0.05) is 18.2 Å². The Kier molecular flexibility index (Phi) is 3.70. The highest BCUT2D eigenvalue weighted by Crippen LogP contribution is 2.24. The number of ether oxygens (including phenoxy) is 2. The van der Waals surface area contributed by atoms with Gasteiger partial charge in [0.2, 0.25) is 5.90 Å². The molecule has 0 amide bonds. The zero-order valence-corrected chi connectivity index (χ0v) is 11.7. The summed E-state index contributed by atoms with van der Waals surface area (Å²) in [6.07, 6.45) is 1.59. The molecule has 3 rings (SSSR count). The van der Waals surface area contributed by atoms with Crippen LogP contribution in [0.25, 0.3) is 6.08 Å². The first-order valence-electron chi connectivity index (χ1n) is 6.59. The van der Waals surface area contributed by atoms with Gasteiger partial charge in [-0.05, 0) is 36.4 Å². The Balaban J connectivity index is 1.96. The van der Waals surface area contributed by atoms with Crippen LogP contribution in [0.15, 0.2) is 59.2 Å². The van der Waals surface area contributed by atoms with E-state index >= 15 is 0 Å². The van der Waals surface area contributed by atoms with Gasteiger partial charge in [0.1, 0.15) is 11.6 Å². The SMILES string of the molecule is COc1ccccc1/C=C1/N=C(c2ccc(F)cc2)OC1=O. The third kappa shape index (κ3) is 2.74. The van der Waals surface area contributed by atoms with Gasteiger partial charge in [0.05, 0.1) is 7.11 Å². The van der Waals surface area contributed by atoms with Crippen molar-refractivity contribution >= 4 is 17.9 Å². The number of para-hydroxylation sites is 1. The molecule has 1 heterocycles. The van der Waals surface area contributed by atoms with E-state index in [0.717, 1.165) is 5.56 Å². The Labute approximate surface area is 126 Å². The maximum absolute atomic E-state index is 12.9. The Morgan fingerprint density at radius 1 is 1.14 bits per heavy atom. The molecule has 0 bridgehead atoms. The van der Waals surface area contributed by atoms with Crippen LogP contribution in [-0.2, 0) is 9.53 Å². The Morgan fingerprint density at radius 3 is 2.59 bits per heavy atom. The van der Waals surface area contributed by atoms with E-state index in [1.165, 1.54) is 24.3 Å². The van der Waals surface area contributed by atoms with Crippen LogP contribution in [0.4, 0.5) is 4.39 Å². The average molecular weight is 297 g/mol. The molecule has 0 saturated heterocycles. The summed E-state index contributed by atoms with van der Waals surface area (Å²) in [5, 5.41) is 0. The molecule has 0 N–H and O–H groups in total. The molecular weight excluding hydrogens is 285 g/mol. The predicted octanol–water partition coefficient (Wildman–Crippen LogP) is 3.18. The zero-order chi connectivity index (χ0) is 15.5. The molecule has 4 nitrogen and oxygen atoms in total. The lowest BCUT2D eigenvalue weighted by Crippen LogP contribution is -2.05. The van der Waals surface area contributed by atoms with Gasteiger partial charge in [0.25, 0.3) is 0 Å². The van der Waals surface area contributed by atoms with Crippen LogP contribution in [0.1, 0.15) is 11.1 Å². The van der Waals surface area contributed by atoms with Crippen LogP contribution in [0, 0.1) is 5.82 Å². The maximum atomic E-state index is 12.9. The average Bonchev–Trinajstić information content (AvgIpc) is 2.89. The molecule has 0 atom stereocenters. The number of hydrogen-bond acceptors (Lipinski definition) is 4. The summed E-state index contributed by atoms with van der Waals surface area (Å²) in [7, 11) is 1.55. The predicted molar refractivity (Wildman–Crippen MR) is 80.0 cm³/mol. The minimum atomic E-state index is -0.551. The number of aliphatic imine (C=N–C) groups is 1. The van der Waals surface area contributed by atoms with E-state index in [0.29, 0.717) is 11.3 Å². The Hall–Kier alpha value is -2.95. The Morgan fingerprint density at radius 2 is 1.86 bits per heavy atom. The third-order valence-electron chi connectivity index (χ3n) is 3.14. The highest BCUT2D eigenvalue weighted by Gasteiger charge is 2.24. The fraction of sp³-hybridized carbons (Fsp3) is 0.0588.